The molecule has 1 saturated heterocycles. The number of aromatic amines is 1. The summed E-state index contributed by atoms with van der Waals surface area (Å²) >= 11 is 0. The Hall–Kier alpha value is -2.11. The number of H-pyrrole nitrogens is 1. The van der Waals surface area contributed by atoms with Gasteiger partial charge in [-0.2, -0.15) is 0 Å². The summed E-state index contributed by atoms with van der Waals surface area (Å²) in [6, 6.07) is 13.4. The lowest BCUT2D eigenvalue weighted by atomic mass is 9.96. The Bertz CT molecular complexity index is 619. The number of aliphatic hydroxyl groups excluding tert-OH is 1. The topological polar surface area (TPSA) is 68.4 Å². The van der Waals surface area contributed by atoms with Crippen LogP contribution in [0, 0.1) is 5.92 Å². The van der Waals surface area contributed by atoms with Crippen molar-refractivity contribution in [2.75, 3.05) is 26.2 Å². The Morgan fingerprint density at radius 3 is 2.62 bits per heavy atom. The quantitative estimate of drug-likeness (QED) is 0.762. The maximum Gasteiger partial charge on any atom is 0.267 e. The molecule has 0 radical (unpaired) electrons. The summed E-state index contributed by atoms with van der Waals surface area (Å²) in [5, 5.41) is 13.3. The van der Waals surface area contributed by atoms with Gasteiger partial charge in [0.05, 0.1) is 6.10 Å². The Labute approximate surface area is 142 Å². The van der Waals surface area contributed by atoms with Gasteiger partial charge in [-0.15, -0.1) is 0 Å². The van der Waals surface area contributed by atoms with Gasteiger partial charge in [-0.1, -0.05) is 30.3 Å². The predicted octanol–water partition coefficient (Wildman–Crippen LogP) is 2.19. The van der Waals surface area contributed by atoms with Crippen LogP contribution in [0.1, 0.15) is 35.0 Å². The Morgan fingerprint density at radius 1 is 1.21 bits per heavy atom. The average Bonchev–Trinajstić information content (AvgIpc) is 3.16. The van der Waals surface area contributed by atoms with Crippen molar-refractivity contribution in [1.29, 1.82) is 0 Å². The molecule has 1 aliphatic heterocycles. The molecule has 3 rings (SSSR count). The molecule has 128 valence electrons. The summed E-state index contributed by atoms with van der Waals surface area (Å²) in [4.78, 5) is 17.2. The number of amides is 1. The van der Waals surface area contributed by atoms with E-state index in [-0.39, 0.29) is 5.91 Å². The van der Waals surface area contributed by atoms with Crippen LogP contribution in [0.5, 0.6) is 0 Å². The summed E-state index contributed by atoms with van der Waals surface area (Å²) in [5.74, 6) is 0.468. The summed E-state index contributed by atoms with van der Waals surface area (Å²) in [7, 11) is 0. The molecule has 1 aromatic heterocycles. The first-order valence-corrected chi connectivity index (χ1v) is 8.59. The van der Waals surface area contributed by atoms with Gasteiger partial charge in [-0.05, 0) is 49.5 Å². The highest BCUT2D eigenvalue weighted by atomic mass is 16.3. The highest BCUT2D eigenvalue weighted by molar-refractivity contribution is 5.92. The van der Waals surface area contributed by atoms with E-state index in [9.17, 15) is 9.90 Å². The van der Waals surface area contributed by atoms with Crippen molar-refractivity contribution in [2.45, 2.75) is 18.9 Å². The predicted molar refractivity (Wildman–Crippen MR) is 93.7 cm³/mol. The number of aromatic nitrogens is 1. The van der Waals surface area contributed by atoms with E-state index in [1.807, 2.05) is 36.4 Å². The van der Waals surface area contributed by atoms with E-state index in [1.165, 1.54) is 0 Å². The standard InChI is InChI=1S/C19H25N3O2/c23-18(16-5-2-1-3-6-16)14-22-11-8-15(9-12-22)13-21-19(24)17-7-4-10-20-17/h1-7,10,15,18,20,23H,8-9,11-14H2,(H,21,24)/t18-/m0/s1. The van der Waals surface area contributed by atoms with E-state index >= 15 is 0 Å². The molecule has 5 nitrogen and oxygen atoms in total. The summed E-state index contributed by atoms with van der Waals surface area (Å²) in [5.41, 5.74) is 1.58. The summed E-state index contributed by atoms with van der Waals surface area (Å²) < 4.78 is 0. The molecule has 1 amide bonds. The summed E-state index contributed by atoms with van der Waals surface area (Å²) in [6.07, 6.45) is 3.42. The second-order valence-corrected chi connectivity index (χ2v) is 6.46. The van der Waals surface area contributed by atoms with Crippen molar-refractivity contribution >= 4 is 5.91 Å². The minimum Gasteiger partial charge on any atom is -0.387 e. The van der Waals surface area contributed by atoms with Gasteiger partial charge in [0.1, 0.15) is 5.69 Å². The van der Waals surface area contributed by atoms with E-state index < -0.39 is 6.10 Å². The van der Waals surface area contributed by atoms with Crippen molar-refractivity contribution in [3.8, 4) is 0 Å². The number of likely N-dealkylation sites (tertiary alicyclic amines) is 1. The number of nitrogens with zero attached hydrogens (tertiary/aromatic N) is 1. The lowest BCUT2D eigenvalue weighted by molar-refractivity contribution is 0.0850. The molecule has 0 aliphatic carbocycles. The molecular formula is C19H25N3O2. The van der Waals surface area contributed by atoms with Gasteiger partial charge in [-0.3, -0.25) is 4.79 Å². The minimum atomic E-state index is -0.435. The lowest BCUT2D eigenvalue weighted by Crippen LogP contribution is -2.40. The number of nitrogens with one attached hydrogen (secondary N) is 2. The molecule has 3 N–H and O–H groups in total. The third-order valence-electron chi connectivity index (χ3n) is 4.72. The monoisotopic (exact) mass is 327 g/mol. The molecule has 1 aliphatic rings. The van der Waals surface area contributed by atoms with Gasteiger partial charge in [0.25, 0.3) is 5.91 Å². The molecule has 0 bridgehead atoms. The molecular weight excluding hydrogens is 302 g/mol. The molecule has 0 unspecified atom stereocenters. The number of rotatable bonds is 6. The second-order valence-electron chi connectivity index (χ2n) is 6.46. The second kappa shape index (κ2) is 8.13. The molecule has 1 fully saturated rings. The van der Waals surface area contributed by atoms with E-state index in [2.05, 4.69) is 15.2 Å². The van der Waals surface area contributed by atoms with E-state index in [1.54, 1.807) is 12.3 Å². The zero-order valence-corrected chi connectivity index (χ0v) is 13.8. The third kappa shape index (κ3) is 4.46. The van der Waals surface area contributed by atoms with Crippen LogP contribution in [-0.4, -0.2) is 47.1 Å². The number of hydrogen-bond donors (Lipinski definition) is 3. The smallest absolute Gasteiger partial charge is 0.267 e. The Balaban J connectivity index is 1.39. The number of piperidine rings is 1. The number of carbonyl (C=O) groups is 1. The van der Waals surface area contributed by atoms with Gasteiger partial charge in [0.2, 0.25) is 0 Å². The van der Waals surface area contributed by atoms with Crippen molar-refractivity contribution in [3.05, 3.63) is 59.9 Å². The SMILES string of the molecule is O=C(NCC1CCN(C[C@H](O)c2ccccc2)CC1)c1ccc[nH]1. The van der Waals surface area contributed by atoms with E-state index in [4.69, 9.17) is 0 Å². The van der Waals surface area contributed by atoms with Crippen LogP contribution in [0.2, 0.25) is 0 Å². The van der Waals surface area contributed by atoms with Crippen LogP contribution >= 0.6 is 0 Å². The number of aliphatic hydroxyl groups is 1. The molecule has 5 heteroatoms. The largest absolute Gasteiger partial charge is 0.387 e. The van der Waals surface area contributed by atoms with Gasteiger partial charge in [0, 0.05) is 19.3 Å². The van der Waals surface area contributed by atoms with Crippen molar-refractivity contribution in [2.24, 2.45) is 5.92 Å². The fourth-order valence-electron chi connectivity index (χ4n) is 3.20. The van der Waals surface area contributed by atoms with Crippen molar-refractivity contribution < 1.29 is 9.90 Å². The first-order chi connectivity index (χ1) is 11.7. The van der Waals surface area contributed by atoms with Crippen LogP contribution < -0.4 is 5.32 Å². The van der Waals surface area contributed by atoms with Crippen LogP contribution in [-0.2, 0) is 0 Å². The number of benzene rings is 1. The van der Waals surface area contributed by atoms with Crippen LogP contribution in [0.3, 0.4) is 0 Å². The number of carbonyl (C=O) groups excluding carboxylic acids is 1. The Kier molecular flexibility index (Phi) is 5.67. The molecule has 0 saturated carbocycles. The van der Waals surface area contributed by atoms with Crippen molar-refractivity contribution in [3.63, 3.8) is 0 Å². The normalized spacial score (nSPS) is 17.5. The highest BCUT2D eigenvalue weighted by Crippen LogP contribution is 2.20. The lowest BCUT2D eigenvalue weighted by Gasteiger charge is -2.33. The van der Waals surface area contributed by atoms with Gasteiger partial charge >= 0.3 is 0 Å². The maximum absolute atomic E-state index is 11.9. The van der Waals surface area contributed by atoms with Crippen LogP contribution in [0.25, 0.3) is 0 Å². The fraction of sp³-hybridized carbons (Fsp3) is 0.421. The van der Waals surface area contributed by atoms with E-state index in [0.29, 0.717) is 24.7 Å². The zero-order chi connectivity index (χ0) is 16.8. The third-order valence-corrected chi connectivity index (χ3v) is 4.72. The molecule has 2 heterocycles. The number of hydrogen-bond acceptors (Lipinski definition) is 3. The molecule has 1 atom stereocenters. The first kappa shape index (κ1) is 16.7. The van der Waals surface area contributed by atoms with Crippen LogP contribution in [0.15, 0.2) is 48.7 Å². The zero-order valence-electron chi connectivity index (χ0n) is 13.8. The van der Waals surface area contributed by atoms with Gasteiger partial charge in [-0.25, -0.2) is 0 Å². The van der Waals surface area contributed by atoms with E-state index in [0.717, 1.165) is 31.5 Å². The molecule has 0 spiro atoms. The van der Waals surface area contributed by atoms with Gasteiger partial charge < -0.3 is 20.3 Å². The summed E-state index contributed by atoms with van der Waals surface area (Å²) in [6.45, 7) is 3.32. The van der Waals surface area contributed by atoms with Gasteiger partial charge in [0.15, 0.2) is 0 Å². The molecule has 1 aromatic carbocycles. The Morgan fingerprint density at radius 2 is 1.96 bits per heavy atom. The molecule has 24 heavy (non-hydrogen) atoms. The maximum atomic E-state index is 11.9. The minimum absolute atomic E-state index is 0.0399. The fourth-order valence-corrected chi connectivity index (χ4v) is 3.20. The average molecular weight is 327 g/mol. The number of β-amino-alcohol motifs (C(OH)–C–C–N with tert-alkyl or cyclic N) is 1. The highest BCUT2D eigenvalue weighted by Gasteiger charge is 2.22. The molecule has 2 aromatic rings. The van der Waals surface area contributed by atoms with Crippen molar-refractivity contribution in [1.82, 2.24) is 15.2 Å². The first-order valence-electron chi connectivity index (χ1n) is 8.59. The van der Waals surface area contributed by atoms with Crippen LogP contribution in [0.4, 0.5) is 0 Å².